The molecule has 1 heterocycles. The third-order valence-electron chi connectivity index (χ3n) is 5.79. The zero-order chi connectivity index (χ0) is 12.8. The first kappa shape index (κ1) is 12.5. The molecule has 0 aromatic heterocycles. The molecule has 1 amide bonds. The van der Waals surface area contributed by atoms with Gasteiger partial charge in [-0.1, -0.05) is 26.2 Å². The van der Waals surface area contributed by atoms with E-state index >= 15 is 0 Å². The first-order chi connectivity index (χ1) is 8.64. The summed E-state index contributed by atoms with van der Waals surface area (Å²) in [5, 5.41) is 3.48. The smallest absolute Gasteiger partial charge is 0.237 e. The molecule has 1 saturated heterocycles. The van der Waals surface area contributed by atoms with Gasteiger partial charge in [-0.05, 0) is 37.5 Å². The maximum absolute atomic E-state index is 11.8. The molecule has 1 N–H and O–H groups in total. The monoisotopic (exact) mass is 250 g/mol. The lowest BCUT2D eigenvalue weighted by molar-refractivity contribution is -0.129. The number of rotatable bonds is 2. The lowest BCUT2D eigenvalue weighted by Crippen LogP contribution is -2.53. The molecule has 3 fully saturated rings. The highest BCUT2D eigenvalue weighted by Crippen LogP contribution is 2.52. The van der Waals surface area contributed by atoms with Crippen LogP contribution >= 0.6 is 0 Å². The van der Waals surface area contributed by atoms with Crippen molar-refractivity contribution in [1.82, 2.24) is 10.2 Å². The Morgan fingerprint density at radius 2 is 2.00 bits per heavy atom. The van der Waals surface area contributed by atoms with Crippen molar-refractivity contribution in [2.75, 3.05) is 13.6 Å². The second kappa shape index (κ2) is 4.52. The van der Waals surface area contributed by atoms with Crippen molar-refractivity contribution in [3.8, 4) is 0 Å². The van der Waals surface area contributed by atoms with E-state index in [1.54, 1.807) is 0 Å². The Kier molecular flexibility index (Phi) is 3.13. The number of likely N-dealkylation sites (N-methyl/N-ethyl adjacent to an activating group) is 1. The highest BCUT2D eigenvalue weighted by molar-refractivity contribution is 5.80. The molecule has 2 bridgehead atoms. The molecule has 3 rings (SSSR count). The predicted octanol–water partition coefficient (Wildman–Crippen LogP) is 2.37. The van der Waals surface area contributed by atoms with Crippen LogP contribution in [-0.2, 0) is 4.79 Å². The summed E-state index contributed by atoms with van der Waals surface area (Å²) >= 11 is 0. The SMILES string of the molecule is CCC1(C2NCC(=O)N2C)CC2CCCC(C2)C1. The minimum absolute atomic E-state index is 0.267. The number of carbonyl (C=O) groups is 1. The van der Waals surface area contributed by atoms with E-state index < -0.39 is 0 Å². The second-order valence-corrected chi connectivity index (χ2v) is 6.81. The predicted molar refractivity (Wildman–Crippen MR) is 72.0 cm³/mol. The number of carbonyl (C=O) groups excluding carboxylic acids is 1. The Labute approximate surface area is 110 Å². The van der Waals surface area contributed by atoms with Crippen molar-refractivity contribution < 1.29 is 4.79 Å². The van der Waals surface area contributed by atoms with Gasteiger partial charge in [0.15, 0.2) is 0 Å². The minimum atomic E-state index is 0.267. The number of nitrogens with zero attached hydrogens (tertiary/aromatic N) is 1. The Morgan fingerprint density at radius 1 is 1.33 bits per heavy atom. The average Bonchev–Trinajstić information content (AvgIpc) is 2.70. The van der Waals surface area contributed by atoms with Crippen LogP contribution in [0.2, 0.25) is 0 Å². The Morgan fingerprint density at radius 3 is 2.50 bits per heavy atom. The highest BCUT2D eigenvalue weighted by Gasteiger charge is 2.49. The van der Waals surface area contributed by atoms with Crippen LogP contribution in [0.3, 0.4) is 0 Å². The van der Waals surface area contributed by atoms with Gasteiger partial charge in [-0.2, -0.15) is 0 Å². The molecule has 3 unspecified atom stereocenters. The van der Waals surface area contributed by atoms with Gasteiger partial charge in [0.25, 0.3) is 0 Å². The van der Waals surface area contributed by atoms with Crippen molar-refractivity contribution in [2.24, 2.45) is 17.3 Å². The van der Waals surface area contributed by atoms with Crippen molar-refractivity contribution in [1.29, 1.82) is 0 Å². The summed E-state index contributed by atoms with van der Waals surface area (Å²) in [6.45, 7) is 2.86. The quantitative estimate of drug-likeness (QED) is 0.816. The van der Waals surface area contributed by atoms with Gasteiger partial charge in [0.05, 0.1) is 12.7 Å². The molecular formula is C15H26N2O. The van der Waals surface area contributed by atoms with Crippen LogP contribution in [-0.4, -0.2) is 30.6 Å². The van der Waals surface area contributed by atoms with Gasteiger partial charge in [-0.3, -0.25) is 10.1 Å². The molecule has 0 spiro atoms. The maximum Gasteiger partial charge on any atom is 0.237 e. The number of hydrogen-bond acceptors (Lipinski definition) is 2. The van der Waals surface area contributed by atoms with E-state index in [4.69, 9.17) is 0 Å². The third-order valence-corrected chi connectivity index (χ3v) is 5.79. The largest absolute Gasteiger partial charge is 0.329 e. The minimum Gasteiger partial charge on any atom is -0.329 e. The van der Waals surface area contributed by atoms with Crippen molar-refractivity contribution in [3.05, 3.63) is 0 Å². The van der Waals surface area contributed by atoms with Crippen LogP contribution in [0.1, 0.15) is 51.9 Å². The second-order valence-electron chi connectivity index (χ2n) is 6.81. The molecular weight excluding hydrogens is 224 g/mol. The Balaban J connectivity index is 1.83. The Hall–Kier alpha value is -0.570. The van der Waals surface area contributed by atoms with Gasteiger partial charge in [0, 0.05) is 12.5 Å². The van der Waals surface area contributed by atoms with E-state index in [0.29, 0.717) is 18.1 Å². The van der Waals surface area contributed by atoms with E-state index in [1.807, 2.05) is 11.9 Å². The fourth-order valence-corrected chi connectivity index (χ4v) is 4.93. The molecule has 3 aliphatic rings. The molecule has 18 heavy (non-hydrogen) atoms. The summed E-state index contributed by atoms with van der Waals surface area (Å²) in [5.74, 6) is 2.11. The van der Waals surface area contributed by atoms with Crippen LogP contribution in [0, 0.1) is 17.3 Å². The standard InChI is InChI=1S/C15H26N2O/c1-3-15(14-16-10-13(18)17(14)2)8-11-5-4-6-12(7-11)9-15/h11-12,14,16H,3-10H2,1-2H3. The summed E-state index contributed by atoms with van der Waals surface area (Å²) in [5.41, 5.74) is 0.342. The zero-order valence-corrected chi connectivity index (χ0v) is 11.7. The highest BCUT2D eigenvalue weighted by atomic mass is 16.2. The lowest BCUT2D eigenvalue weighted by Gasteiger charge is -2.51. The van der Waals surface area contributed by atoms with Gasteiger partial charge >= 0.3 is 0 Å². The number of hydrogen-bond donors (Lipinski definition) is 1. The number of nitrogens with one attached hydrogen (secondary N) is 1. The first-order valence-electron chi connectivity index (χ1n) is 7.63. The molecule has 3 nitrogen and oxygen atoms in total. The summed E-state index contributed by atoms with van der Waals surface area (Å²) in [6.07, 6.45) is 9.87. The molecule has 102 valence electrons. The molecule has 2 aliphatic carbocycles. The van der Waals surface area contributed by atoms with E-state index in [2.05, 4.69) is 12.2 Å². The molecule has 3 atom stereocenters. The van der Waals surface area contributed by atoms with Crippen LogP contribution in [0.5, 0.6) is 0 Å². The maximum atomic E-state index is 11.8. The Bertz CT molecular complexity index is 329. The summed E-state index contributed by atoms with van der Waals surface area (Å²) < 4.78 is 0. The third kappa shape index (κ3) is 1.87. The first-order valence-corrected chi connectivity index (χ1v) is 7.63. The van der Waals surface area contributed by atoms with Crippen molar-refractivity contribution in [3.63, 3.8) is 0 Å². The van der Waals surface area contributed by atoms with E-state index in [9.17, 15) is 4.79 Å². The van der Waals surface area contributed by atoms with Crippen LogP contribution in [0.15, 0.2) is 0 Å². The van der Waals surface area contributed by atoms with Gasteiger partial charge in [0.2, 0.25) is 5.91 Å². The molecule has 2 saturated carbocycles. The zero-order valence-electron chi connectivity index (χ0n) is 11.7. The van der Waals surface area contributed by atoms with Gasteiger partial charge in [-0.25, -0.2) is 0 Å². The molecule has 1 aliphatic heterocycles. The number of amides is 1. The molecule has 0 radical (unpaired) electrons. The molecule has 0 aromatic rings. The van der Waals surface area contributed by atoms with Crippen molar-refractivity contribution >= 4 is 5.91 Å². The molecule has 0 aromatic carbocycles. The van der Waals surface area contributed by atoms with E-state index in [0.717, 1.165) is 11.8 Å². The van der Waals surface area contributed by atoms with Crippen LogP contribution < -0.4 is 5.32 Å². The average molecular weight is 250 g/mol. The topological polar surface area (TPSA) is 32.3 Å². The van der Waals surface area contributed by atoms with Crippen LogP contribution in [0.4, 0.5) is 0 Å². The fourth-order valence-electron chi connectivity index (χ4n) is 4.93. The summed E-state index contributed by atoms with van der Waals surface area (Å²) in [6, 6.07) is 0. The van der Waals surface area contributed by atoms with Crippen molar-refractivity contribution in [2.45, 2.75) is 58.0 Å². The fraction of sp³-hybridized carbons (Fsp3) is 0.933. The summed E-state index contributed by atoms with van der Waals surface area (Å²) in [4.78, 5) is 13.8. The lowest BCUT2D eigenvalue weighted by atomic mass is 9.58. The normalized spacial score (nSPS) is 44.4. The van der Waals surface area contributed by atoms with Crippen LogP contribution in [0.25, 0.3) is 0 Å². The summed E-state index contributed by atoms with van der Waals surface area (Å²) in [7, 11) is 1.98. The van der Waals surface area contributed by atoms with Gasteiger partial charge < -0.3 is 4.90 Å². The van der Waals surface area contributed by atoms with Gasteiger partial charge in [0.1, 0.15) is 0 Å². The van der Waals surface area contributed by atoms with Gasteiger partial charge in [-0.15, -0.1) is 0 Å². The van der Waals surface area contributed by atoms with E-state index in [-0.39, 0.29) is 5.91 Å². The van der Waals surface area contributed by atoms with E-state index in [1.165, 1.54) is 44.9 Å². The number of fused-ring (bicyclic) bond motifs is 2. The molecule has 3 heteroatoms.